The zero-order valence-corrected chi connectivity index (χ0v) is 25.2. The molecule has 0 saturated heterocycles. The number of nitrogens with two attached hydrogens (primary N) is 1. The SMILES string of the molecule is COc1ccc(CC(N)N(O)C(=O)CCS(=O)(=O)c2ccc(NC(=O)N(Cc3ccccc3)Cc3ccccc3)cc2)cc1. The first kappa shape index (κ1) is 32.2. The Morgan fingerprint density at radius 1 is 0.818 bits per heavy atom. The van der Waals surface area contributed by atoms with Crippen molar-refractivity contribution in [1.29, 1.82) is 0 Å². The van der Waals surface area contributed by atoms with Gasteiger partial charge in [-0.05, 0) is 53.1 Å². The van der Waals surface area contributed by atoms with Crippen LogP contribution < -0.4 is 15.8 Å². The van der Waals surface area contributed by atoms with Gasteiger partial charge in [-0.25, -0.2) is 18.3 Å². The van der Waals surface area contributed by atoms with Crippen molar-refractivity contribution in [3.05, 3.63) is 126 Å². The van der Waals surface area contributed by atoms with Crippen LogP contribution in [-0.4, -0.2) is 54.6 Å². The second kappa shape index (κ2) is 15.1. The maximum absolute atomic E-state index is 13.3. The fraction of sp³-hybridized carbons (Fsp3) is 0.212. The molecule has 0 heterocycles. The maximum atomic E-state index is 13.3. The number of benzene rings is 4. The lowest BCUT2D eigenvalue weighted by atomic mass is 10.1. The highest BCUT2D eigenvalue weighted by molar-refractivity contribution is 7.91. The number of carbonyl (C=O) groups excluding carboxylic acids is 2. The lowest BCUT2D eigenvalue weighted by molar-refractivity contribution is -0.174. The van der Waals surface area contributed by atoms with Crippen molar-refractivity contribution < 1.29 is 28.0 Å². The fourth-order valence-electron chi connectivity index (χ4n) is 4.48. The molecule has 1 atom stereocenters. The number of hydroxylamine groups is 2. The summed E-state index contributed by atoms with van der Waals surface area (Å²) in [5.74, 6) is -0.672. The molecule has 44 heavy (non-hydrogen) atoms. The van der Waals surface area contributed by atoms with Crippen molar-refractivity contribution in [3.8, 4) is 5.75 Å². The molecule has 4 aromatic rings. The summed E-state index contributed by atoms with van der Waals surface area (Å²) < 4.78 is 31.0. The van der Waals surface area contributed by atoms with Crippen molar-refractivity contribution in [1.82, 2.24) is 9.96 Å². The fourth-order valence-corrected chi connectivity index (χ4v) is 5.71. The lowest BCUT2D eigenvalue weighted by Crippen LogP contribution is -2.45. The number of urea groups is 1. The molecular weight excluding hydrogens is 580 g/mol. The van der Waals surface area contributed by atoms with E-state index in [9.17, 15) is 23.2 Å². The molecule has 0 saturated carbocycles. The van der Waals surface area contributed by atoms with Gasteiger partial charge in [-0.15, -0.1) is 0 Å². The Bertz CT molecular complexity index is 1580. The first-order chi connectivity index (χ1) is 21.1. The smallest absolute Gasteiger partial charge is 0.322 e. The van der Waals surface area contributed by atoms with E-state index in [1.807, 2.05) is 60.7 Å². The van der Waals surface area contributed by atoms with Crippen LogP contribution in [0.1, 0.15) is 23.1 Å². The minimum absolute atomic E-state index is 0.0132. The predicted octanol–water partition coefficient (Wildman–Crippen LogP) is 4.84. The van der Waals surface area contributed by atoms with Crippen LogP contribution in [0.25, 0.3) is 0 Å². The second-order valence-electron chi connectivity index (χ2n) is 10.2. The van der Waals surface area contributed by atoms with Gasteiger partial charge in [0, 0.05) is 31.6 Å². The van der Waals surface area contributed by atoms with E-state index in [4.69, 9.17) is 10.5 Å². The number of nitrogens with zero attached hydrogens (tertiary/aromatic N) is 2. The van der Waals surface area contributed by atoms with Crippen LogP contribution >= 0.6 is 0 Å². The van der Waals surface area contributed by atoms with Crippen LogP contribution in [0.3, 0.4) is 0 Å². The van der Waals surface area contributed by atoms with Crippen LogP contribution in [0.5, 0.6) is 5.75 Å². The molecule has 0 radical (unpaired) electrons. The predicted molar refractivity (Wildman–Crippen MR) is 168 cm³/mol. The molecule has 11 heteroatoms. The zero-order valence-electron chi connectivity index (χ0n) is 24.4. The van der Waals surface area contributed by atoms with E-state index in [1.165, 1.54) is 24.3 Å². The van der Waals surface area contributed by atoms with E-state index in [2.05, 4.69) is 5.32 Å². The molecule has 0 aliphatic carbocycles. The van der Waals surface area contributed by atoms with Crippen LogP contribution in [0.4, 0.5) is 10.5 Å². The Balaban J connectivity index is 1.34. The molecule has 3 amide bonds. The van der Waals surface area contributed by atoms with Gasteiger partial charge in [0.15, 0.2) is 9.84 Å². The highest BCUT2D eigenvalue weighted by atomic mass is 32.2. The van der Waals surface area contributed by atoms with Crippen molar-refractivity contribution in [2.45, 2.75) is 37.0 Å². The van der Waals surface area contributed by atoms with Gasteiger partial charge >= 0.3 is 6.03 Å². The summed E-state index contributed by atoms with van der Waals surface area (Å²) in [6.07, 6.45) is -1.34. The van der Waals surface area contributed by atoms with Gasteiger partial charge in [0.2, 0.25) is 5.91 Å². The molecule has 0 aliphatic rings. The van der Waals surface area contributed by atoms with Gasteiger partial charge in [-0.3, -0.25) is 10.0 Å². The number of ether oxygens (including phenoxy) is 1. The van der Waals surface area contributed by atoms with Gasteiger partial charge in [0.1, 0.15) is 11.9 Å². The van der Waals surface area contributed by atoms with Crippen molar-refractivity contribution in [2.24, 2.45) is 5.73 Å². The van der Waals surface area contributed by atoms with Crippen LogP contribution in [-0.2, 0) is 34.1 Å². The molecule has 230 valence electrons. The van der Waals surface area contributed by atoms with E-state index in [1.54, 1.807) is 36.3 Å². The summed E-state index contributed by atoms with van der Waals surface area (Å²) in [4.78, 5) is 27.4. The number of carbonyl (C=O) groups is 2. The molecule has 0 spiro atoms. The number of anilines is 1. The Morgan fingerprint density at radius 2 is 1.36 bits per heavy atom. The van der Waals surface area contributed by atoms with Gasteiger partial charge in [0.25, 0.3) is 0 Å². The first-order valence-electron chi connectivity index (χ1n) is 14.0. The Morgan fingerprint density at radius 3 is 1.89 bits per heavy atom. The number of amides is 3. The van der Waals surface area contributed by atoms with Gasteiger partial charge in [0.05, 0.1) is 17.8 Å². The summed E-state index contributed by atoms with van der Waals surface area (Å²) in [5.41, 5.74) is 9.10. The largest absolute Gasteiger partial charge is 0.497 e. The van der Waals surface area contributed by atoms with E-state index in [0.29, 0.717) is 29.6 Å². The summed E-state index contributed by atoms with van der Waals surface area (Å²) in [7, 11) is -2.31. The van der Waals surface area contributed by atoms with Crippen LogP contribution in [0, 0.1) is 0 Å². The second-order valence-corrected chi connectivity index (χ2v) is 12.3. The number of methoxy groups -OCH3 is 1. The van der Waals surface area contributed by atoms with Gasteiger partial charge in [-0.1, -0.05) is 72.8 Å². The molecule has 0 bridgehead atoms. The molecule has 4 N–H and O–H groups in total. The summed E-state index contributed by atoms with van der Waals surface area (Å²) in [6.45, 7) is 0.765. The minimum Gasteiger partial charge on any atom is -0.497 e. The summed E-state index contributed by atoms with van der Waals surface area (Å²) in [6, 6.07) is 31.7. The number of hydrogen-bond acceptors (Lipinski definition) is 7. The number of rotatable bonds is 13. The topological polar surface area (TPSA) is 142 Å². The van der Waals surface area contributed by atoms with Crippen molar-refractivity contribution in [2.75, 3.05) is 18.2 Å². The highest BCUT2D eigenvalue weighted by Gasteiger charge is 2.23. The monoisotopic (exact) mass is 616 g/mol. The molecule has 4 rings (SSSR count). The minimum atomic E-state index is -3.86. The molecule has 4 aromatic carbocycles. The standard InChI is InChI=1S/C33H36N4O6S/c1-43-29-16-12-25(13-17-29)22-31(34)37(40)32(38)20-21-44(41,42)30-18-14-28(15-19-30)35-33(39)36(23-26-8-4-2-5-9-26)24-27-10-6-3-7-11-27/h2-19,31,40H,20-24,34H2,1H3,(H,35,39). The van der Waals surface area contributed by atoms with Crippen molar-refractivity contribution >= 4 is 27.5 Å². The lowest BCUT2D eigenvalue weighted by Gasteiger charge is -2.23. The molecule has 0 aromatic heterocycles. The van der Waals surface area contributed by atoms with E-state index in [0.717, 1.165) is 16.7 Å². The first-order valence-corrected chi connectivity index (χ1v) is 15.7. The molecular formula is C33H36N4O6S. The average molecular weight is 617 g/mol. The Kier molecular flexibility index (Phi) is 11.1. The molecule has 0 aliphatic heterocycles. The highest BCUT2D eigenvalue weighted by Crippen LogP contribution is 2.19. The van der Waals surface area contributed by atoms with E-state index in [-0.39, 0.29) is 17.3 Å². The van der Waals surface area contributed by atoms with Crippen LogP contribution in [0.15, 0.2) is 114 Å². The van der Waals surface area contributed by atoms with E-state index < -0.39 is 34.1 Å². The van der Waals surface area contributed by atoms with Gasteiger partial charge < -0.3 is 20.7 Å². The quantitative estimate of drug-likeness (QED) is 0.111. The maximum Gasteiger partial charge on any atom is 0.322 e. The number of sulfone groups is 1. The summed E-state index contributed by atoms with van der Waals surface area (Å²) in [5, 5.41) is 13.5. The average Bonchev–Trinajstić information content (AvgIpc) is 3.04. The Labute approximate surface area is 257 Å². The third kappa shape index (κ3) is 9.14. The van der Waals surface area contributed by atoms with E-state index >= 15 is 0 Å². The third-order valence-electron chi connectivity index (χ3n) is 6.94. The Hall–Kier alpha value is -4.71. The third-order valence-corrected chi connectivity index (χ3v) is 8.67. The van der Waals surface area contributed by atoms with Gasteiger partial charge in [-0.2, -0.15) is 0 Å². The summed E-state index contributed by atoms with van der Waals surface area (Å²) >= 11 is 0. The normalized spacial score (nSPS) is 11.8. The zero-order chi connectivity index (χ0) is 31.5. The number of nitrogens with one attached hydrogen (secondary N) is 1. The van der Waals surface area contributed by atoms with Crippen molar-refractivity contribution in [3.63, 3.8) is 0 Å². The molecule has 10 nitrogen and oxygen atoms in total. The molecule has 0 fully saturated rings. The number of hydrogen-bond donors (Lipinski definition) is 3. The van der Waals surface area contributed by atoms with Crippen LogP contribution in [0.2, 0.25) is 0 Å². The molecule has 1 unspecified atom stereocenters.